The second-order valence-corrected chi connectivity index (χ2v) is 7.54. The predicted octanol–water partition coefficient (Wildman–Crippen LogP) is 3.52. The summed E-state index contributed by atoms with van der Waals surface area (Å²) in [5.41, 5.74) is 1.31. The van der Waals surface area contributed by atoms with Crippen LogP contribution in [0.15, 0.2) is 48.7 Å². The maximum atomic E-state index is 12.2. The van der Waals surface area contributed by atoms with E-state index in [1.54, 1.807) is 18.3 Å². The Morgan fingerprint density at radius 1 is 1.10 bits per heavy atom. The molecule has 0 bridgehead atoms. The summed E-state index contributed by atoms with van der Waals surface area (Å²) in [4.78, 5) is 28.3. The number of nitrogens with zero attached hydrogens (tertiary/aromatic N) is 1. The average molecular weight is 400 g/mol. The van der Waals surface area contributed by atoms with Gasteiger partial charge in [-0.05, 0) is 44.9 Å². The van der Waals surface area contributed by atoms with Crippen LogP contribution in [0.3, 0.4) is 0 Å². The molecule has 0 aliphatic carbocycles. The number of benzene rings is 1. The molecule has 0 fully saturated rings. The van der Waals surface area contributed by atoms with Crippen molar-refractivity contribution in [3.05, 3.63) is 65.5 Å². The number of carbonyl (C=O) groups is 2. The Bertz CT molecular complexity index is 802. The highest BCUT2D eigenvalue weighted by Gasteiger charge is 2.20. The van der Waals surface area contributed by atoms with E-state index >= 15 is 0 Å². The smallest absolute Gasteiger partial charge is 0.407 e. The summed E-state index contributed by atoms with van der Waals surface area (Å²) in [5.74, 6) is -0.468. The maximum absolute atomic E-state index is 12.2. The molecule has 0 aliphatic heterocycles. The van der Waals surface area contributed by atoms with Gasteiger partial charge in [-0.15, -0.1) is 0 Å². The molecule has 0 saturated heterocycles. The third-order valence-electron chi connectivity index (χ3n) is 3.90. The van der Waals surface area contributed by atoms with E-state index in [2.05, 4.69) is 10.3 Å². The van der Waals surface area contributed by atoms with Gasteiger partial charge >= 0.3 is 12.1 Å². The number of esters is 1. The highest BCUT2D eigenvalue weighted by molar-refractivity contribution is 5.90. The number of nitrogens with one attached hydrogen (secondary N) is 1. The van der Waals surface area contributed by atoms with Gasteiger partial charge in [0.2, 0.25) is 0 Å². The number of ether oxygens (including phenoxy) is 3. The van der Waals surface area contributed by atoms with E-state index in [-0.39, 0.29) is 19.3 Å². The minimum absolute atomic E-state index is 0.118. The Balaban J connectivity index is 2.02. The number of amides is 1. The minimum atomic E-state index is -0.592. The van der Waals surface area contributed by atoms with E-state index in [1.165, 1.54) is 7.11 Å². The van der Waals surface area contributed by atoms with Crippen molar-refractivity contribution in [2.45, 2.75) is 45.4 Å². The molecular weight excluding hydrogens is 372 g/mol. The van der Waals surface area contributed by atoms with Crippen LogP contribution in [0.5, 0.6) is 0 Å². The van der Waals surface area contributed by atoms with Crippen LogP contribution in [0.25, 0.3) is 0 Å². The fourth-order valence-corrected chi connectivity index (χ4v) is 2.67. The average Bonchev–Trinajstić information content (AvgIpc) is 2.67. The summed E-state index contributed by atoms with van der Waals surface area (Å²) >= 11 is 0. The predicted molar refractivity (Wildman–Crippen MR) is 109 cm³/mol. The summed E-state index contributed by atoms with van der Waals surface area (Å²) in [7, 11) is 1.32. The first kappa shape index (κ1) is 22.4. The molecule has 0 aliphatic rings. The lowest BCUT2D eigenvalue weighted by Gasteiger charge is -2.24. The minimum Gasteiger partial charge on any atom is -0.465 e. The second-order valence-electron chi connectivity index (χ2n) is 7.54. The first-order valence-electron chi connectivity index (χ1n) is 9.42. The molecule has 29 heavy (non-hydrogen) atoms. The van der Waals surface area contributed by atoms with Gasteiger partial charge in [-0.25, -0.2) is 9.59 Å². The van der Waals surface area contributed by atoms with Crippen molar-refractivity contribution in [3.63, 3.8) is 0 Å². The molecule has 2 rings (SSSR count). The number of hydrogen-bond acceptors (Lipinski definition) is 6. The Hall–Kier alpha value is -2.93. The van der Waals surface area contributed by atoms with E-state index in [1.807, 2.05) is 51.1 Å². The van der Waals surface area contributed by atoms with Crippen molar-refractivity contribution in [3.8, 4) is 0 Å². The molecule has 1 amide bonds. The Labute approximate surface area is 171 Å². The number of rotatable bonds is 8. The van der Waals surface area contributed by atoms with Crippen LogP contribution in [0.4, 0.5) is 4.79 Å². The highest BCUT2D eigenvalue weighted by atomic mass is 16.6. The first-order chi connectivity index (χ1) is 13.8. The molecule has 0 spiro atoms. The van der Waals surface area contributed by atoms with Crippen LogP contribution in [0.2, 0.25) is 0 Å². The lowest BCUT2D eigenvalue weighted by Crippen LogP contribution is -2.42. The molecular formula is C22H28N2O5. The number of hydrogen-bond donors (Lipinski definition) is 1. The summed E-state index contributed by atoms with van der Waals surface area (Å²) < 4.78 is 15.9. The largest absolute Gasteiger partial charge is 0.465 e. The van der Waals surface area contributed by atoms with Gasteiger partial charge in [0.15, 0.2) is 0 Å². The Morgan fingerprint density at radius 3 is 2.48 bits per heavy atom. The molecule has 0 unspecified atom stereocenters. The number of alkyl carbamates (subject to hydrolysis) is 1. The van der Waals surface area contributed by atoms with Crippen LogP contribution in [0.1, 0.15) is 42.4 Å². The summed E-state index contributed by atoms with van der Waals surface area (Å²) in [6.45, 7) is 5.78. The number of pyridine rings is 1. The van der Waals surface area contributed by atoms with E-state index in [9.17, 15) is 9.59 Å². The van der Waals surface area contributed by atoms with E-state index in [0.29, 0.717) is 17.7 Å². The molecule has 1 atom stereocenters. The topological polar surface area (TPSA) is 86.8 Å². The Kier molecular flexibility index (Phi) is 8.15. The number of carbonyl (C=O) groups excluding carboxylic acids is 2. The molecule has 1 N–H and O–H groups in total. The van der Waals surface area contributed by atoms with E-state index < -0.39 is 17.7 Å². The van der Waals surface area contributed by atoms with Gasteiger partial charge in [-0.2, -0.15) is 0 Å². The van der Waals surface area contributed by atoms with Gasteiger partial charge < -0.3 is 19.5 Å². The van der Waals surface area contributed by atoms with E-state index in [0.717, 1.165) is 5.56 Å². The lowest BCUT2D eigenvalue weighted by atomic mass is 10.1. The maximum Gasteiger partial charge on any atom is 0.407 e. The molecule has 156 valence electrons. The van der Waals surface area contributed by atoms with E-state index in [4.69, 9.17) is 14.2 Å². The molecule has 7 heteroatoms. The molecule has 0 saturated carbocycles. The first-order valence-corrected chi connectivity index (χ1v) is 9.42. The molecule has 7 nitrogen and oxygen atoms in total. The monoisotopic (exact) mass is 400 g/mol. The fraction of sp³-hybridized carbons (Fsp3) is 0.409. The third kappa shape index (κ3) is 7.91. The zero-order chi connectivity index (χ0) is 21.3. The van der Waals surface area contributed by atoms with Crippen LogP contribution < -0.4 is 5.32 Å². The van der Waals surface area contributed by atoms with Gasteiger partial charge in [0.25, 0.3) is 0 Å². The van der Waals surface area contributed by atoms with Crippen LogP contribution in [-0.4, -0.2) is 42.4 Å². The summed E-state index contributed by atoms with van der Waals surface area (Å²) in [6, 6.07) is 12.8. The van der Waals surface area contributed by atoms with Gasteiger partial charge in [0.05, 0.1) is 37.6 Å². The molecule has 0 radical (unpaired) electrons. The van der Waals surface area contributed by atoms with Gasteiger partial charge in [-0.1, -0.05) is 30.3 Å². The lowest BCUT2D eigenvalue weighted by molar-refractivity contribution is 0.0425. The summed E-state index contributed by atoms with van der Waals surface area (Å²) in [6.07, 6.45) is 1.66. The SMILES string of the molecule is COC(=O)c1cccnc1COC[C@@H](Cc1ccccc1)NC(=O)OC(C)(C)C. The zero-order valence-corrected chi connectivity index (χ0v) is 17.3. The van der Waals surface area contributed by atoms with Crippen molar-refractivity contribution in [1.29, 1.82) is 0 Å². The Morgan fingerprint density at radius 2 is 1.83 bits per heavy atom. The van der Waals surface area contributed by atoms with Crippen LogP contribution in [0, 0.1) is 0 Å². The number of aromatic nitrogens is 1. The summed E-state index contributed by atoms with van der Waals surface area (Å²) in [5, 5.41) is 2.86. The third-order valence-corrected chi connectivity index (χ3v) is 3.90. The molecule has 1 aromatic heterocycles. The molecule has 2 aromatic rings. The van der Waals surface area contributed by atoms with Crippen molar-refractivity contribution in [1.82, 2.24) is 10.3 Å². The van der Waals surface area contributed by atoms with Gasteiger partial charge in [-0.3, -0.25) is 4.98 Å². The molecule has 1 heterocycles. The molecule has 1 aromatic carbocycles. The zero-order valence-electron chi connectivity index (χ0n) is 17.3. The standard InChI is InChI=1S/C22H28N2O5/c1-22(2,3)29-21(26)24-17(13-16-9-6-5-7-10-16)14-28-15-19-18(20(25)27-4)11-8-12-23-19/h5-12,17H,13-15H2,1-4H3,(H,24,26)/t17-/m1/s1. The van der Waals surface area contributed by atoms with Crippen molar-refractivity contribution in [2.24, 2.45) is 0 Å². The van der Waals surface area contributed by atoms with Crippen LogP contribution in [-0.2, 0) is 27.2 Å². The van der Waals surface area contributed by atoms with Crippen molar-refractivity contribution in [2.75, 3.05) is 13.7 Å². The number of methoxy groups -OCH3 is 1. The van der Waals surface area contributed by atoms with Crippen LogP contribution >= 0.6 is 0 Å². The van der Waals surface area contributed by atoms with Crippen molar-refractivity contribution < 1.29 is 23.8 Å². The van der Waals surface area contributed by atoms with Gasteiger partial charge in [0, 0.05) is 6.20 Å². The normalized spacial score (nSPS) is 12.1. The fourth-order valence-electron chi connectivity index (χ4n) is 2.67. The second kappa shape index (κ2) is 10.6. The quantitative estimate of drug-likeness (QED) is 0.682. The van der Waals surface area contributed by atoms with Crippen molar-refractivity contribution >= 4 is 12.1 Å². The van der Waals surface area contributed by atoms with Gasteiger partial charge in [0.1, 0.15) is 5.60 Å². The highest BCUT2D eigenvalue weighted by Crippen LogP contribution is 2.11.